The van der Waals surface area contributed by atoms with Gasteiger partial charge in [0.2, 0.25) is 0 Å². The molecular formula is C16H22O10S. The third kappa shape index (κ3) is 7.55. The molecule has 27 heavy (non-hydrogen) atoms. The van der Waals surface area contributed by atoms with Gasteiger partial charge in [-0.05, 0) is 0 Å². The number of esters is 4. The highest BCUT2D eigenvalue weighted by molar-refractivity contribution is 8.14. The van der Waals surface area contributed by atoms with Crippen LogP contribution in [0.1, 0.15) is 34.6 Å². The van der Waals surface area contributed by atoms with E-state index in [1.54, 1.807) is 0 Å². The summed E-state index contributed by atoms with van der Waals surface area (Å²) < 4.78 is 26.1. The van der Waals surface area contributed by atoms with E-state index in [-0.39, 0.29) is 11.7 Å². The summed E-state index contributed by atoms with van der Waals surface area (Å²) in [6.45, 7) is 5.51. The van der Waals surface area contributed by atoms with Crippen molar-refractivity contribution in [2.45, 2.75) is 64.5 Å². The van der Waals surface area contributed by atoms with Crippen molar-refractivity contribution >= 4 is 40.8 Å². The van der Waals surface area contributed by atoms with Crippen LogP contribution >= 0.6 is 11.8 Å². The summed E-state index contributed by atoms with van der Waals surface area (Å²) in [5, 5.41) is -0.330. The molecule has 0 aromatic heterocycles. The van der Waals surface area contributed by atoms with Gasteiger partial charge in [0.15, 0.2) is 28.9 Å². The fourth-order valence-corrected chi connectivity index (χ4v) is 3.31. The lowest BCUT2D eigenvalue weighted by molar-refractivity contribution is -0.176. The fourth-order valence-electron chi connectivity index (χ4n) is 2.46. The van der Waals surface area contributed by atoms with Gasteiger partial charge in [-0.2, -0.15) is 0 Å². The summed E-state index contributed by atoms with van der Waals surface area (Å²) in [6.07, 6.45) is -4.58. The number of rotatable bonds is 7. The van der Waals surface area contributed by atoms with Crippen molar-refractivity contribution in [3.05, 3.63) is 0 Å². The molecule has 0 N–H and O–H groups in total. The van der Waals surface area contributed by atoms with Crippen LogP contribution < -0.4 is 0 Å². The first-order valence-electron chi connectivity index (χ1n) is 7.99. The molecule has 0 aliphatic carbocycles. The maximum absolute atomic E-state index is 11.5. The molecule has 10 nitrogen and oxygen atoms in total. The third-order valence-electron chi connectivity index (χ3n) is 3.23. The second kappa shape index (κ2) is 10.3. The monoisotopic (exact) mass is 406 g/mol. The molecule has 0 amide bonds. The van der Waals surface area contributed by atoms with E-state index in [2.05, 4.69) is 0 Å². The summed E-state index contributed by atoms with van der Waals surface area (Å²) >= 11 is 0.730. The first-order chi connectivity index (χ1) is 12.5. The standard InChI is InChI=1S/C16H22O10S/c1-7(17)22-6-12(23-8(2)18)13-14(24-9(3)19)15(25-10(4)20)16(26-13)27-11(5)21/h12-16H,6H2,1-5H3/t12-,13+,14-,15+,16-/m0/s1. The maximum atomic E-state index is 11.5. The van der Waals surface area contributed by atoms with Crippen molar-refractivity contribution in [2.24, 2.45) is 0 Å². The fraction of sp³-hybridized carbons (Fsp3) is 0.688. The lowest BCUT2D eigenvalue weighted by Gasteiger charge is -2.27. The molecule has 0 bridgehead atoms. The molecule has 0 aromatic rings. The van der Waals surface area contributed by atoms with E-state index in [9.17, 15) is 24.0 Å². The van der Waals surface area contributed by atoms with Crippen LogP contribution in [0.4, 0.5) is 0 Å². The highest BCUT2D eigenvalue weighted by atomic mass is 32.2. The second-order valence-corrected chi connectivity index (χ2v) is 6.95. The highest BCUT2D eigenvalue weighted by Crippen LogP contribution is 2.36. The van der Waals surface area contributed by atoms with Gasteiger partial charge in [-0.15, -0.1) is 0 Å². The zero-order valence-electron chi connectivity index (χ0n) is 15.6. The number of hydrogen-bond donors (Lipinski definition) is 0. The molecule has 1 heterocycles. The van der Waals surface area contributed by atoms with E-state index in [1.807, 2.05) is 0 Å². The highest BCUT2D eigenvalue weighted by Gasteiger charge is 2.53. The summed E-state index contributed by atoms with van der Waals surface area (Å²) in [5.74, 6) is -2.70. The quantitative estimate of drug-likeness (QED) is 0.428. The van der Waals surface area contributed by atoms with Crippen LogP contribution in [0.3, 0.4) is 0 Å². The van der Waals surface area contributed by atoms with Crippen LogP contribution in [0.5, 0.6) is 0 Å². The molecular weight excluding hydrogens is 384 g/mol. The number of carbonyl (C=O) groups excluding carboxylic acids is 5. The number of hydrogen-bond acceptors (Lipinski definition) is 11. The van der Waals surface area contributed by atoms with Crippen LogP contribution in [0.25, 0.3) is 0 Å². The van der Waals surface area contributed by atoms with Gasteiger partial charge in [-0.1, -0.05) is 11.8 Å². The Balaban J connectivity index is 3.20. The minimum absolute atomic E-state index is 0.330. The minimum atomic E-state index is -1.18. The molecule has 0 aromatic carbocycles. The first-order valence-corrected chi connectivity index (χ1v) is 8.87. The van der Waals surface area contributed by atoms with Gasteiger partial charge >= 0.3 is 23.9 Å². The van der Waals surface area contributed by atoms with Crippen LogP contribution in [0.15, 0.2) is 0 Å². The minimum Gasteiger partial charge on any atom is -0.462 e. The van der Waals surface area contributed by atoms with Crippen LogP contribution in [-0.4, -0.2) is 65.5 Å². The van der Waals surface area contributed by atoms with Crippen molar-refractivity contribution in [3.63, 3.8) is 0 Å². The Morgan fingerprint density at radius 3 is 1.85 bits per heavy atom. The summed E-state index contributed by atoms with van der Waals surface area (Å²) in [5.41, 5.74) is -1.00. The lowest BCUT2D eigenvalue weighted by atomic mass is 10.1. The molecule has 5 atom stereocenters. The topological polar surface area (TPSA) is 132 Å². The maximum Gasteiger partial charge on any atom is 0.303 e. The van der Waals surface area contributed by atoms with Crippen molar-refractivity contribution < 1.29 is 47.7 Å². The Bertz CT molecular complexity index is 604. The summed E-state index contributed by atoms with van der Waals surface area (Å²) in [7, 11) is 0. The van der Waals surface area contributed by atoms with Gasteiger partial charge in [0.25, 0.3) is 0 Å². The molecule has 1 fully saturated rings. The van der Waals surface area contributed by atoms with E-state index >= 15 is 0 Å². The molecule has 0 unspecified atom stereocenters. The van der Waals surface area contributed by atoms with E-state index in [0.29, 0.717) is 0 Å². The molecule has 152 valence electrons. The van der Waals surface area contributed by atoms with E-state index in [0.717, 1.165) is 32.5 Å². The molecule has 0 spiro atoms. The molecule has 1 aliphatic rings. The average Bonchev–Trinajstić information content (AvgIpc) is 2.79. The van der Waals surface area contributed by atoms with E-state index < -0.39 is 53.7 Å². The van der Waals surface area contributed by atoms with Crippen molar-refractivity contribution in [1.29, 1.82) is 0 Å². The number of carbonyl (C=O) groups is 5. The Morgan fingerprint density at radius 2 is 1.41 bits per heavy atom. The van der Waals surface area contributed by atoms with Gasteiger partial charge < -0.3 is 23.7 Å². The molecule has 1 saturated heterocycles. The molecule has 11 heteroatoms. The van der Waals surface area contributed by atoms with Crippen LogP contribution in [0, 0.1) is 0 Å². The predicted octanol–water partition coefficient (Wildman–Crippen LogP) is 0.349. The second-order valence-electron chi connectivity index (χ2n) is 5.68. The summed E-state index contributed by atoms with van der Waals surface area (Å²) in [6, 6.07) is 0. The number of ether oxygens (including phenoxy) is 5. The van der Waals surface area contributed by atoms with Gasteiger partial charge in [-0.3, -0.25) is 24.0 Å². The van der Waals surface area contributed by atoms with E-state index in [1.165, 1.54) is 13.8 Å². The number of thioether (sulfide) groups is 1. The van der Waals surface area contributed by atoms with Gasteiger partial charge in [0.1, 0.15) is 12.7 Å². The largest absolute Gasteiger partial charge is 0.462 e. The van der Waals surface area contributed by atoms with Crippen molar-refractivity contribution in [1.82, 2.24) is 0 Å². The Hall–Kier alpha value is -2.14. The van der Waals surface area contributed by atoms with Crippen LogP contribution in [0.2, 0.25) is 0 Å². The average molecular weight is 406 g/mol. The Labute approximate surface area is 160 Å². The molecule has 0 radical (unpaired) electrons. The normalized spacial score (nSPS) is 25.2. The van der Waals surface area contributed by atoms with Gasteiger partial charge in [0.05, 0.1) is 0 Å². The zero-order valence-corrected chi connectivity index (χ0v) is 16.4. The summed E-state index contributed by atoms with van der Waals surface area (Å²) in [4.78, 5) is 57.1. The lowest BCUT2D eigenvalue weighted by Crippen LogP contribution is -2.46. The third-order valence-corrected chi connectivity index (χ3v) is 4.17. The van der Waals surface area contributed by atoms with E-state index in [4.69, 9.17) is 23.7 Å². The molecule has 1 rings (SSSR count). The zero-order chi connectivity index (χ0) is 20.7. The van der Waals surface area contributed by atoms with Crippen molar-refractivity contribution in [2.75, 3.05) is 6.61 Å². The predicted molar refractivity (Wildman–Crippen MR) is 90.2 cm³/mol. The van der Waals surface area contributed by atoms with Crippen LogP contribution in [-0.2, 0) is 47.7 Å². The Kier molecular flexibility index (Phi) is 8.70. The smallest absolute Gasteiger partial charge is 0.303 e. The SMILES string of the molecule is CC(=O)OC[C@H](OC(C)=O)[C@H]1O[C@@H](SC(C)=O)[C@H](OC(C)=O)[C@H]1OC(C)=O. The van der Waals surface area contributed by atoms with Gasteiger partial charge in [-0.25, -0.2) is 0 Å². The molecule has 0 saturated carbocycles. The van der Waals surface area contributed by atoms with Crippen molar-refractivity contribution in [3.8, 4) is 0 Å². The Morgan fingerprint density at radius 1 is 0.852 bits per heavy atom. The van der Waals surface area contributed by atoms with Gasteiger partial charge in [0, 0.05) is 34.6 Å². The first kappa shape index (κ1) is 22.9. The molecule has 1 aliphatic heterocycles.